The minimum absolute atomic E-state index is 0.0110. The number of pyridine rings is 2. The van der Waals surface area contributed by atoms with Crippen LogP contribution in [0.4, 0.5) is 19.0 Å². The molecule has 2 aromatic rings. The lowest BCUT2D eigenvalue weighted by Crippen LogP contribution is -2.39. The van der Waals surface area contributed by atoms with Gasteiger partial charge in [0.05, 0.1) is 6.61 Å². The number of aromatic nitrogens is 2. The van der Waals surface area contributed by atoms with Gasteiger partial charge in [-0.1, -0.05) is 6.07 Å². The first kappa shape index (κ1) is 16.7. The Morgan fingerprint density at radius 3 is 2.52 bits per heavy atom. The number of ether oxygens (including phenoxy) is 1. The highest BCUT2D eigenvalue weighted by atomic mass is 19.4. The summed E-state index contributed by atoms with van der Waals surface area (Å²) in [6, 6.07) is 7.22. The molecule has 0 saturated heterocycles. The van der Waals surface area contributed by atoms with Crippen LogP contribution in [0.15, 0.2) is 42.7 Å². The lowest BCUT2D eigenvalue weighted by atomic mass is 10.2. The fraction of sp³-hybridized carbons (Fsp3) is 0.267. The van der Waals surface area contributed by atoms with Crippen LogP contribution < -0.4 is 9.64 Å². The Bertz CT molecular complexity index is 663. The molecule has 0 fully saturated rings. The summed E-state index contributed by atoms with van der Waals surface area (Å²) in [6.07, 6.45) is -1.85. The van der Waals surface area contributed by atoms with E-state index in [1.807, 2.05) is 0 Å². The summed E-state index contributed by atoms with van der Waals surface area (Å²) in [7, 11) is 0. The normalized spacial score (nSPS) is 11.1. The molecule has 2 rings (SSSR count). The minimum atomic E-state index is -4.57. The van der Waals surface area contributed by atoms with E-state index in [2.05, 4.69) is 9.97 Å². The molecule has 0 aliphatic heterocycles. The van der Waals surface area contributed by atoms with E-state index in [1.165, 1.54) is 36.7 Å². The average Bonchev–Trinajstić information content (AvgIpc) is 2.53. The molecule has 0 saturated carbocycles. The predicted octanol–water partition coefficient (Wildman–Crippen LogP) is 3.08. The average molecular weight is 325 g/mol. The number of amides is 1. The molecule has 0 radical (unpaired) electrons. The Morgan fingerprint density at radius 1 is 1.17 bits per heavy atom. The fourth-order valence-electron chi connectivity index (χ4n) is 1.90. The summed E-state index contributed by atoms with van der Waals surface area (Å²) >= 11 is 0. The van der Waals surface area contributed by atoms with Crippen LogP contribution in [-0.4, -0.2) is 35.2 Å². The number of carbonyl (C=O) groups excluding carboxylic acids is 1. The quantitative estimate of drug-likeness (QED) is 0.848. The van der Waals surface area contributed by atoms with Crippen molar-refractivity contribution >= 4 is 11.7 Å². The van der Waals surface area contributed by atoms with Gasteiger partial charge in [0.1, 0.15) is 17.9 Å². The number of halogens is 3. The van der Waals surface area contributed by atoms with Gasteiger partial charge in [0.15, 0.2) is 0 Å². The first-order valence-corrected chi connectivity index (χ1v) is 6.80. The van der Waals surface area contributed by atoms with E-state index in [9.17, 15) is 18.0 Å². The van der Waals surface area contributed by atoms with E-state index in [1.54, 1.807) is 13.0 Å². The first-order chi connectivity index (χ1) is 10.9. The van der Waals surface area contributed by atoms with E-state index in [0.29, 0.717) is 4.90 Å². The molecule has 2 heterocycles. The number of hydrogen-bond donors (Lipinski definition) is 0. The van der Waals surface area contributed by atoms with Crippen molar-refractivity contribution in [2.75, 3.05) is 18.1 Å². The van der Waals surface area contributed by atoms with Crippen molar-refractivity contribution in [1.29, 1.82) is 0 Å². The van der Waals surface area contributed by atoms with E-state index in [-0.39, 0.29) is 23.9 Å². The number of rotatable bonds is 5. The molecule has 122 valence electrons. The topological polar surface area (TPSA) is 55.3 Å². The van der Waals surface area contributed by atoms with Gasteiger partial charge in [-0.25, -0.2) is 9.97 Å². The third kappa shape index (κ3) is 4.41. The Morgan fingerprint density at radius 2 is 1.91 bits per heavy atom. The maximum atomic E-state index is 12.8. The molecule has 0 aliphatic carbocycles. The van der Waals surface area contributed by atoms with Crippen molar-refractivity contribution in [2.45, 2.75) is 13.1 Å². The van der Waals surface area contributed by atoms with Crippen LogP contribution in [0.5, 0.6) is 5.88 Å². The number of carbonyl (C=O) groups is 1. The molecule has 23 heavy (non-hydrogen) atoms. The summed E-state index contributed by atoms with van der Waals surface area (Å²) in [5, 5.41) is 0. The molecule has 1 amide bonds. The summed E-state index contributed by atoms with van der Waals surface area (Å²) in [5.74, 6) is -0.984. The van der Waals surface area contributed by atoms with Crippen LogP contribution >= 0.6 is 0 Å². The molecule has 0 unspecified atom stereocenters. The lowest BCUT2D eigenvalue weighted by Gasteiger charge is -2.23. The van der Waals surface area contributed by atoms with Crippen LogP contribution in [0.25, 0.3) is 0 Å². The van der Waals surface area contributed by atoms with Gasteiger partial charge in [-0.2, -0.15) is 13.2 Å². The number of nitrogens with zero attached hydrogens (tertiary/aromatic N) is 3. The minimum Gasteiger partial charge on any atom is -0.477 e. The molecular weight excluding hydrogens is 311 g/mol. The van der Waals surface area contributed by atoms with Gasteiger partial charge < -0.3 is 4.74 Å². The van der Waals surface area contributed by atoms with Crippen LogP contribution in [0.2, 0.25) is 0 Å². The van der Waals surface area contributed by atoms with Crippen molar-refractivity contribution in [3.8, 4) is 5.88 Å². The monoisotopic (exact) mass is 325 g/mol. The smallest absolute Gasteiger partial charge is 0.406 e. The largest absolute Gasteiger partial charge is 0.477 e. The van der Waals surface area contributed by atoms with E-state index in [0.717, 1.165) is 0 Å². The van der Waals surface area contributed by atoms with Gasteiger partial charge in [0.25, 0.3) is 5.91 Å². The molecular formula is C15H14F3N3O2. The van der Waals surface area contributed by atoms with Gasteiger partial charge in [0.2, 0.25) is 5.88 Å². The van der Waals surface area contributed by atoms with Gasteiger partial charge in [0, 0.05) is 12.4 Å². The van der Waals surface area contributed by atoms with Gasteiger partial charge >= 0.3 is 6.18 Å². The third-order valence-corrected chi connectivity index (χ3v) is 2.79. The molecule has 5 nitrogen and oxygen atoms in total. The third-order valence-electron chi connectivity index (χ3n) is 2.79. The van der Waals surface area contributed by atoms with Crippen molar-refractivity contribution in [3.63, 3.8) is 0 Å². The van der Waals surface area contributed by atoms with Crippen molar-refractivity contribution < 1.29 is 22.7 Å². The summed E-state index contributed by atoms with van der Waals surface area (Å²) in [5.41, 5.74) is -0.0516. The Kier molecular flexibility index (Phi) is 5.15. The summed E-state index contributed by atoms with van der Waals surface area (Å²) in [4.78, 5) is 20.9. The molecule has 0 N–H and O–H groups in total. The van der Waals surface area contributed by atoms with Crippen LogP contribution in [0.3, 0.4) is 0 Å². The summed E-state index contributed by atoms with van der Waals surface area (Å²) < 4.78 is 43.8. The maximum Gasteiger partial charge on any atom is 0.406 e. The van der Waals surface area contributed by atoms with Crippen molar-refractivity contribution in [1.82, 2.24) is 9.97 Å². The fourth-order valence-corrected chi connectivity index (χ4v) is 1.90. The second kappa shape index (κ2) is 7.08. The highest BCUT2D eigenvalue weighted by molar-refractivity contribution is 6.07. The number of anilines is 1. The lowest BCUT2D eigenvalue weighted by molar-refractivity contribution is -0.118. The van der Waals surface area contributed by atoms with Gasteiger partial charge in [-0.3, -0.25) is 9.69 Å². The van der Waals surface area contributed by atoms with Crippen LogP contribution in [0, 0.1) is 0 Å². The van der Waals surface area contributed by atoms with Crippen molar-refractivity contribution in [3.05, 3.63) is 48.3 Å². The highest BCUT2D eigenvalue weighted by Gasteiger charge is 2.35. The molecule has 0 spiro atoms. The zero-order valence-electron chi connectivity index (χ0n) is 12.2. The Balaban J connectivity index is 2.41. The standard InChI is InChI=1S/C15H14F3N3O2/c1-2-23-13-11(6-5-9-20-13)14(22)21(10-15(16,17)18)12-7-3-4-8-19-12/h3-9H,2,10H2,1H3. The summed E-state index contributed by atoms with van der Waals surface area (Å²) in [6.45, 7) is 0.471. The molecule has 0 aromatic carbocycles. The van der Waals surface area contributed by atoms with Crippen LogP contribution in [-0.2, 0) is 0 Å². The Labute approximate surface area is 130 Å². The SMILES string of the molecule is CCOc1ncccc1C(=O)N(CC(F)(F)F)c1ccccn1. The number of alkyl halides is 3. The molecule has 2 aromatic heterocycles. The molecule has 0 aliphatic rings. The number of hydrogen-bond acceptors (Lipinski definition) is 4. The second-order valence-corrected chi connectivity index (χ2v) is 4.48. The zero-order chi connectivity index (χ0) is 16.9. The molecule has 0 atom stereocenters. The van der Waals surface area contributed by atoms with E-state index in [4.69, 9.17) is 4.74 Å². The molecule has 0 bridgehead atoms. The second-order valence-electron chi connectivity index (χ2n) is 4.48. The zero-order valence-corrected chi connectivity index (χ0v) is 12.2. The van der Waals surface area contributed by atoms with E-state index >= 15 is 0 Å². The van der Waals surface area contributed by atoms with E-state index < -0.39 is 18.6 Å². The predicted molar refractivity (Wildman–Crippen MR) is 77.4 cm³/mol. The Hall–Kier alpha value is -2.64. The highest BCUT2D eigenvalue weighted by Crippen LogP contribution is 2.25. The van der Waals surface area contributed by atoms with Gasteiger partial charge in [-0.05, 0) is 31.2 Å². The van der Waals surface area contributed by atoms with Crippen molar-refractivity contribution in [2.24, 2.45) is 0 Å². The molecule has 8 heteroatoms. The van der Waals surface area contributed by atoms with Gasteiger partial charge in [-0.15, -0.1) is 0 Å². The van der Waals surface area contributed by atoms with Crippen LogP contribution in [0.1, 0.15) is 17.3 Å². The first-order valence-electron chi connectivity index (χ1n) is 6.80. The maximum absolute atomic E-state index is 12.8.